The number of benzene rings is 3. The van der Waals surface area contributed by atoms with Crippen molar-refractivity contribution in [2.24, 2.45) is 0 Å². The Labute approximate surface area is 167 Å². The minimum absolute atomic E-state index is 0.298. The molecule has 0 bridgehead atoms. The van der Waals surface area contributed by atoms with E-state index in [-0.39, 0.29) is 11.8 Å². The van der Waals surface area contributed by atoms with Crippen LogP contribution in [-0.4, -0.2) is 11.8 Å². The molecule has 1 N–H and O–H groups in total. The van der Waals surface area contributed by atoms with Crippen LogP contribution in [0, 0.1) is 6.92 Å². The van der Waals surface area contributed by atoms with Gasteiger partial charge in [0.05, 0.1) is 5.69 Å². The van der Waals surface area contributed by atoms with E-state index in [1.165, 1.54) is 16.7 Å². The Balaban J connectivity index is 1.73. The molecule has 1 aliphatic heterocycles. The van der Waals surface area contributed by atoms with Gasteiger partial charge in [0, 0.05) is 10.6 Å². The summed E-state index contributed by atoms with van der Waals surface area (Å²) in [5.74, 6) is -0.671. The maximum Gasteiger partial charge on any atom is 0.283 e. The Morgan fingerprint density at radius 2 is 1.36 bits per heavy atom. The molecule has 1 aliphatic rings. The van der Waals surface area contributed by atoms with E-state index in [1.54, 1.807) is 12.1 Å². The normalized spacial score (nSPS) is 14.0. The Morgan fingerprint density at radius 3 is 2.00 bits per heavy atom. The highest BCUT2D eigenvalue weighted by Gasteiger charge is 2.40. The highest BCUT2D eigenvalue weighted by Crippen LogP contribution is 2.37. The lowest BCUT2D eigenvalue weighted by molar-refractivity contribution is -0.120. The van der Waals surface area contributed by atoms with E-state index >= 15 is 0 Å². The van der Waals surface area contributed by atoms with E-state index in [9.17, 15) is 9.59 Å². The van der Waals surface area contributed by atoms with Crippen LogP contribution in [0.5, 0.6) is 0 Å². The maximum atomic E-state index is 13.2. The number of amides is 2. The number of carbonyl (C=O) groups excluding carboxylic acids is 2. The first-order valence-electron chi connectivity index (χ1n) is 8.88. The molecule has 0 unspecified atom stereocenters. The summed E-state index contributed by atoms with van der Waals surface area (Å²) < 4.78 is 0. The van der Waals surface area contributed by atoms with Gasteiger partial charge in [0.2, 0.25) is 0 Å². The van der Waals surface area contributed by atoms with Crippen molar-refractivity contribution in [2.45, 2.75) is 11.8 Å². The summed E-state index contributed by atoms with van der Waals surface area (Å²) in [5, 5.41) is 3.17. The number of hydrogen-bond donors (Lipinski definition) is 1. The Hall–Kier alpha value is -3.31. The smallest absolute Gasteiger partial charge is 0.283 e. The summed E-state index contributed by atoms with van der Waals surface area (Å²) >= 11 is 1.30. The van der Waals surface area contributed by atoms with Crippen molar-refractivity contribution in [3.63, 3.8) is 0 Å². The van der Waals surface area contributed by atoms with Crippen molar-refractivity contribution >= 4 is 35.0 Å². The van der Waals surface area contributed by atoms with Crippen LogP contribution in [0.4, 0.5) is 11.4 Å². The van der Waals surface area contributed by atoms with E-state index in [1.807, 2.05) is 79.7 Å². The van der Waals surface area contributed by atoms with Gasteiger partial charge in [0.1, 0.15) is 10.6 Å². The van der Waals surface area contributed by atoms with Gasteiger partial charge in [0.15, 0.2) is 0 Å². The van der Waals surface area contributed by atoms with Gasteiger partial charge < -0.3 is 5.32 Å². The predicted molar refractivity (Wildman–Crippen MR) is 113 cm³/mol. The van der Waals surface area contributed by atoms with E-state index < -0.39 is 0 Å². The molecular formula is C23H18N2O2S. The number of anilines is 2. The van der Waals surface area contributed by atoms with Gasteiger partial charge in [-0.3, -0.25) is 9.59 Å². The van der Waals surface area contributed by atoms with Gasteiger partial charge in [-0.2, -0.15) is 0 Å². The van der Waals surface area contributed by atoms with Crippen molar-refractivity contribution < 1.29 is 9.59 Å². The molecule has 0 spiro atoms. The second-order valence-electron chi connectivity index (χ2n) is 6.39. The topological polar surface area (TPSA) is 49.4 Å². The van der Waals surface area contributed by atoms with Crippen LogP contribution in [0.2, 0.25) is 0 Å². The lowest BCUT2D eigenvalue weighted by Gasteiger charge is -2.15. The van der Waals surface area contributed by atoms with Gasteiger partial charge in [-0.1, -0.05) is 65.9 Å². The highest BCUT2D eigenvalue weighted by molar-refractivity contribution is 8.04. The summed E-state index contributed by atoms with van der Waals surface area (Å²) in [4.78, 5) is 28.8. The number of aryl methyl sites for hydroxylation is 1. The van der Waals surface area contributed by atoms with Crippen LogP contribution < -0.4 is 10.2 Å². The molecule has 0 saturated carbocycles. The number of hydrogen-bond acceptors (Lipinski definition) is 4. The summed E-state index contributed by atoms with van der Waals surface area (Å²) in [5.41, 5.74) is 2.75. The van der Waals surface area contributed by atoms with Gasteiger partial charge in [0.25, 0.3) is 11.8 Å². The molecule has 5 heteroatoms. The quantitative estimate of drug-likeness (QED) is 0.628. The summed E-state index contributed by atoms with van der Waals surface area (Å²) in [7, 11) is 0. The number of thioether (sulfide) groups is 1. The molecule has 1 heterocycles. The van der Waals surface area contributed by atoms with E-state index in [0.29, 0.717) is 16.3 Å². The molecular weight excluding hydrogens is 368 g/mol. The SMILES string of the molecule is Cc1ccc(NC2=C(Sc3ccccc3)C(=O)N(c3ccccc3)C2=O)cc1. The number of para-hydroxylation sites is 1. The van der Waals surface area contributed by atoms with E-state index in [2.05, 4.69) is 5.32 Å². The predicted octanol–water partition coefficient (Wildman–Crippen LogP) is 4.98. The van der Waals surface area contributed by atoms with Crippen molar-refractivity contribution in [1.82, 2.24) is 0 Å². The monoisotopic (exact) mass is 386 g/mol. The molecule has 0 aliphatic carbocycles. The fourth-order valence-electron chi connectivity index (χ4n) is 2.91. The van der Waals surface area contributed by atoms with Crippen LogP contribution in [0.25, 0.3) is 0 Å². The largest absolute Gasteiger partial charge is 0.350 e. The molecule has 138 valence electrons. The summed E-state index contributed by atoms with van der Waals surface area (Å²) in [6.07, 6.45) is 0. The number of nitrogens with one attached hydrogen (secondary N) is 1. The molecule has 0 fully saturated rings. The molecule has 0 saturated heterocycles. The summed E-state index contributed by atoms with van der Waals surface area (Å²) in [6, 6.07) is 26.3. The van der Waals surface area contributed by atoms with Gasteiger partial charge in [-0.05, 0) is 43.3 Å². The second kappa shape index (κ2) is 7.74. The summed E-state index contributed by atoms with van der Waals surface area (Å²) in [6.45, 7) is 2.00. The first-order chi connectivity index (χ1) is 13.6. The minimum Gasteiger partial charge on any atom is -0.350 e. The van der Waals surface area contributed by atoms with Crippen molar-refractivity contribution in [3.05, 3.63) is 101 Å². The van der Waals surface area contributed by atoms with Gasteiger partial charge in [-0.15, -0.1) is 0 Å². The molecule has 3 aromatic rings. The van der Waals surface area contributed by atoms with Crippen molar-refractivity contribution in [1.29, 1.82) is 0 Å². The average molecular weight is 386 g/mol. The third-order valence-electron chi connectivity index (χ3n) is 4.34. The number of carbonyl (C=O) groups is 2. The van der Waals surface area contributed by atoms with Crippen molar-refractivity contribution in [2.75, 3.05) is 10.2 Å². The van der Waals surface area contributed by atoms with Crippen molar-refractivity contribution in [3.8, 4) is 0 Å². The molecule has 2 amide bonds. The zero-order valence-electron chi connectivity index (χ0n) is 15.3. The molecule has 0 aromatic heterocycles. The standard InChI is InChI=1S/C23H18N2O2S/c1-16-12-14-17(15-13-16)24-20-21(28-19-10-6-3-7-11-19)23(27)25(22(20)26)18-8-4-2-5-9-18/h2-15,24H,1H3. The lowest BCUT2D eigenvalue weighted by atomic mass is 10.2. The fourth-order valence-corrected chi connectivity index (χ4v) is 3.86. The third-order valence-corrected chi connectivity index (χ3v) is 5.43. The molecule has 0 radical (unpaired) electrons. The van der Waals surface area contributed by atoms with Crippen LogP contribution in [-0.2, 0) is 9.59 Å². The van der Waals surface area contributed by atoms with E-state index in [0.717, 1.165) is 16.1 Å². The maximum absolute atomic E-state index is 13.2. The van der Waals surface area contributed by atoms with Crippen LogP contribution in [0.15, 0.2) is 100 Å². The van der Waals surface area contributed by atoms with Gasteiger partial charge in [-0.25, -0.2) is 4.90 Å². The zero-order chi connectivity index (χ0) is 19.5. The molecule has 3 aromatic carbocycles. The van der Waals surface area contributed by atoms with Crippen LogP contribution >= 0.6 is 11.8 Å². The lowest BCUT2D eigenvalue weighted by Crippen LogP contribution is -2.32. The van der Waals surface area contributed by atoms with Gasteiger partial charge >= 0.3 is 0 Å². The Bertz CT molecular complexity index is 1040. The molecule has 4 rings (SSSR count). The first kappa shape index (κ1) is 18.1. The number of imide groups is 1. The van der Waals surface area contributed by atoms with Crippen LogP contribution in [0.3, 0.4) is 0 Å². The first-order valence-corrected chi connectivity index (χ1v) is 9.70. The average Bonchev–Trinajstić information content (AvgIpc) is 2.95. The Morgan fingerprint density at radius 1 is 0.750 bits per heavy atom. The minimum atomic E-state index is -0.352. The molecule has 4 nitrogen and oxygen atoms in total. The van der Waals surface area contributed by atoms with E-state index in [4.69, 9.17) is 0 Å². The number of nitrogens with zero attached hydrogens (tertiary/aromatic N) is 1. The number of rotatable bonds is 5. The zero-order valence-corrected chi connectivity index (χ0v) is 16.1. The van der Waals surface area contributed by atoms with Crippen LogP contribution in [0.1, 0.15) is 5.56 Å². The fraction of sp³-hybridized carbons (Fsp3) is 0.0435. The second-order valence-corrected chi connectivity index (χ2v) is 7.48. The Kier molecular flexibility index (Phi) is 5.00. The highest BCUT2D eigenvalue weighted by atomic mass is 32.2. The molecule has 28 heavy (non-hydrogen) atoms. The molecule has 0 atom stereocenters. The third kappa shape index (κ3) is 3.57.